The average Bonchev–Trinajstić information content (AvgIpc) is 2.59. The van der Waals surface area contributed by atoms with Crippen LogP contribution < -0.4 is 5.32 Å². The van der Waals surface area contributed by atoms with E-state index in [9.17, 15) is 4.79 Å². The highest BCUT2D eigenvalue weighted by Crippen LogP contribution is 2.09. The number of nitrogens with one attached hydrogen (secondary N) is 1. The van der Waals surface area contributed by atoms with E-state index in [0.717, 1.165) is 26.1 Å². The number of carboxylic acid groups (broad SMARTS) is 1. The Labute approximate surface area is 85.3 Å². The number of hydrogen-bond acceptors (Lipinski definition) is 3. The molecule has 1 saturated heterocycles. The van der Waals surface area contributed by atoms with E-state index >= 15 is 0 Å². The standard InChI is InChI=1S/C10H20N2O2/c1-2-3-5-12-6-4-9(8-12)11-7-10(13)14/h9,11H,2-8H2,1H3,(H,13,14). The normalized spacial score (nSPS) is 22.8. The fourth-order valence-corrected chi connectivity index (χ4v) is 1.82. The topological polar surface area (TPSA) is 52.6 Å². The molecule has 0 amide bonds. The lowest BCUT2D eigenvalue weighted by molar-refractivity contribution is -0.136. The van der Waals surface area contributed by atoms with Crippen molar-refractivity contribution in [3.8, 4) is 0 Å². The van der Waals surface area contributed by atoms with Crippen LogP contribution in [-0.4, -0.2) is 48.2 Å². The Balaban J connectivity index is 2.10. The van der Waals surface area contributed by atoms with Gasteiger partial charge in [0, 0.05) is 12.6 Å². The molecule has 1 unspecified atom stereocenters. The van der Waals surface area contributed by atoms with E-state index in [1.807, 2.05) is 0 Å². The molecule has 2 N–H and O–H groups in total. The van der Waals surface area contributed by atoms with Gasteiger partial charge in [-0.2, -0.15) is 0 Å². The maximum Gasteiger partial charge on any atom is 0.317 e. The van der Waals surface area contributed by atoms with E-state index in [-0.39, 0.29) is 6.54 Å². The van der Waals surface area contributed by atoms with Gasteiger partial charge in [-0.05, 0) is 25.9 Å². The molecule has 0 radical (unpaired) electrons. The molecule has 1 aliphatic rings. The molecule has 0 aromatic rings. The largest absolute Gasteiger partial charge is 0.480 e. The predicted molar refractivity (Wildman–Crippen MR) is 55.4 cm³/mol. The first kappa shape index (κ1) is 11.5. The molecule has 4 nitrogen and oxygen atoms in total. The molecule has 82 valence electrons. The van der Waals surface area contributed by atoms with Crippen LogP contribution in [0.4, 0.5) is 0 Å². The van der Waals surface area contributed by atoms with Crippen molar-refractivity contribution in [3.05, 3.63) is 0 Å². The molecule has 1 fully saturated rings. The molecule has 4 heteroatoms. The van der Waals surface area contributed by atoms with Gasteiger partial charge >= 0.3 is 5.97 Å². The Morgan fingerprint density at radius 1 is 1.64 bits per heavy atom. The average molecular weight is 200 g/mol. The lowest BCUT2D eigenvalue weighted by Gasteiger charge is -2.15. The molecule has 0 aromatic heterocycles. The van der Waals surface area contributed by atoms with Crippen molar-refractivity contribution in [2.24, 2.45) is 0 Å². The summed E-state index contributed by atoms with van der Waals surface area (Å²) in [4.78, 5) is 12.7. The van der Waals surface area contributed by atoms with Crippen molar-refractivity contribution in [2.45, 2.75) is 32.2 Å². The molecule has 0 spiro atoms. The third kappa shape index (κ3) is 4.07. The summed E-state index contributed by atoms with van der Waals surface area (Å²) in [6, 6.07) is 0.378. The van der Waals surface area contributed by atoms with Crippen molar-refractivity contribution in [1.29, 1.82) is 0 Å². The van der Waals surface area contributed by atoms with Crippen molar-refractivity contribution < 1.29 is 9.90 Å². The summed E-state index contributed by atoms with van der Waals surface area (Å²) < 4.78 is 0. The van der Waals surface area contributed by atoms with Gasteiger partial charge in [0.2, 0.25) is 0 Å². The van der Waals surface area contributed by atoms with Gasteiger partial charge in [0.05, 0.1) is 6.54 Å². The molecule has 1 atom stereocenters. The van der Waals surface area contributed by atoms with Gasteiger partial charge in [0.25, 0.3) is 0 Å². The van der Waals surface area contributed by atoms with Gasteiger partial charge in [-0.1, -0.05) is 13.3 Å². The summed E-state index contributed by atoms with van der Waals surface area (Å²) in [7, 11) is 0. The maximum absolute atomic E-state index is 10.3. The Kier molecular flexibility index (Phi) is 4.90. The number of unbranched alkanes of at least 4 members (excludes halogenated alkanes) is 1. The molecular weight excluding hydrogens is 180 g/mol. The van der Waals surface area contributed by atoms with Gasteiger partial charge in [0.1, 0.15) is 0 Å². The molecule has 1 rings (SSSR count). The van der Waals surface area contributed by atoms with E-state index in [4.69, 9.17) is 5.11 Å². The van der Waals surface area contributed by atoms with Gasteiger partial charge in [0.15, 0.2) is 0 Å². The first-order chi connectivity index (χ1) is 6.72. The van der Waals surface area contributed by atoms with Crippen LogP contribution in [0.1, 0.15) is 26.2 Å². The number of aliphatic carboxylic acids is 1. The van der Waals surface area contributed by atoms with Crippen LogP contribution in [0.25, 0.3) is 0 Å². The van der Waals surface area contributed by atoms with E-state index in [2.05, 4.69) is 17.1 Å². The summed E-state index contributed by atoms with van der Waals surface area (Å²) in [6.07, 6.45) is 3.55. The van der Waals surface area contributed by atoms with Crippen LogP contribution >= 0.6 is 0 Å². The summed E-state index contributed by atoms with van der Waals surface area (Å²) in [6.45, 7) is 5.55. The van der Waals surface area contributed by atoms with Gasteiger partial charge in [-0.15, -0.1) is 0 Å². The molecule has 1 aliphatic heterocycles. The van der Waals surface area contributed by atoms with E-state index in [0.29, 0.717) is 6.04 Å². The minimum atomic E-state index is -0.767. The third-order valence-corrected chi connectivity index (χ3v) is 2.64. The van der Waals surface area contributed by atoms with Gasteiger partial charge < -0.3 is 15.3 Å². The zero-order valence-electron chi connectivity index (χ0n) is 8.83. The van der Waals surface area contributed by atoms with Crippen LogP contribution in [-0.2, 0) is 4.79 Å². The molecular formula is C10H20N2O2. The fourth-order valence-electron chi connectivity index (χ4n) is 1.82. The van der Waals surface area contributed by atoms with E-state index < -0.39 is 5.97 Å². The molecule has 0 aromatic carbocycles. The van der Waals surface area contributed by atoms with Crippen LogP contribution in [0.15, 0.2) is 0 Å². The summed E-state index contributed by atoms with van der Waals surface area (Å²) >= 11 is 0. The van der Waals surface area contributed by atoms with Gasteiger partial charge in [-0.25, -0.2) is 0 Å². The van der Waals surface area contributed by atoms with Crippen LogP contribution in [0.2, 0.25) is 0 Å². The SMILES string of the molecule is CCCCN1CCC(NCC(=O)O)C1. The number of carbonyl (C=O) groups is 1. The molecule has 0 aliphatic carbocycles. The molecule has 14 heavy (non-hydrogen) atoms. The number of likely N-dealkylation sites (tertiary alicyclic amines) is 1. The Bertz CT molecular complexity index is 185. The Hall–Kier alpha value is -0.610. The number of rotatable bonds is 6. The summed E-state index contributed by atoms with van der Waals surface area (Å²) in [5, 5.41) is 11.6. The quantitative estimate of drug-likeness (QED) is 0.657. The predicted octanol–water partition coefficient (Wildman–Crippen LogP) is 0.535. The smallest absolute Gasteiger partial charge is 0.317 e. The van der Waals surface area contributed by atoms with Crippen molar-refractivity contribution in [3.63, 3.8) is 0 Å². The van der Waals surface area contributed by atoms with Crippen molar-refractivity contribution in [1.82, 2.24) is 10.2 Å². The minimum Gasteiger partial charge on any atom is -0.480 e. The summed E-state index contributed by atoms with van der Waals surface area (Å²) in [5.41, 5.74) is 0. The van der Waals surface area contributed by atoms with Crippen LogP contribution in [0.3, 0.4) is 0 Å². The highest BCUT2D eigenvalue weighted by molar-refractivity contribution is 5.69. The van der Waals surface area contributed by atoms with Crippen LogP contribution in [0, 0.1) is 0 Å². The van der Waals surface area contributed by atoms with Gasteiger partial charge in [-0.3, -0.25) is 4.79 Å². The number of nitrogens with zero attached hydrogens (tertiary/aromatic N) is 1. The molecule has 0 bridgehead atoms. The zero-order valence-corrected chi connectivity index (χ0v) is 8.83. The molecule has 1 heterocycles. The lowest BCUT2D eigenvalue weighted by Crippen LogP contribution is -2.36. The monoisotopic (exact) mass is 200 g/mol. The van der Waals surface area contributed by atoms with Crippen LogP contribution in [0.5, 0.6) is 0 Å². The lowest BCUT2D eigenvalue weighted by atomic mass is 10.2. The highest BCUT2D eigenvalue weighted by Gasteiger charge is 2.21. The number of carboxylic acids is 1. The maximum atomic E-state index is 10.3. The first-order valence-electron chi connectivity index (χ1n) is 5.40. The minimum absolute atomic E-state index is 0.0896. The third-order valence-electron chi connectivity index (χ3n) is 2.64. The second-order valence-electron chi connectivity index (χ2n) is 3.91. The Morgan fingerprint density at radius 3 is 3.07 bits per heavy atom. The van der Waals surface area contributed by atoms with Crippen molar-refractivity contribution in [2.75, 3.05) is 26.2 Å². The van der Waals surface area contributed by atoms with Crippen molar-refractivity contribution >= 4 is 5.97 Å². The van der Waals surface area contributed by atoms with E-state index in [1.165, 1.54) is 12.8 Å². The second kappa shape index (κ2) is 5.98. The first-order valence-corrected chi connectivity index (χ1v) is 5.40. The second-order valence-corrected chi connectivity index (χ2v) is 3.91. The fraction of sp³-hybridized carbons (Fsp3) is 0.900. The van der Waals surface area contributed by atoms with E-state index in [1.54, 1.807) is 0 Å². The highest BCUT2D eigenvalue weighted by atomic mass is 16.4. The summed E-state index contributed by atoms with van der Waals surface area (Å²) in [5.74, 6) is -0.767. The zero-order chi connectivity index (χ0) is 10.4. The Morgan fingerprint density at radius 2 is 2.43 bits per heavy atom. The number of hydrogen-bond donors (Lipinski definition) is 2. The molecule has 0 saturated carbocycles.